The van der Waals surface area contributed by atoms with E-state index >= 15 is 0 Å². The van der Waals surface area contributed by atoms with Gasteiger partial charge in [0.15, 0.2) is 0 Å². The van der Waals surface area contributed by atoms with Gasteiger partial charge in [-0.1, -0.05) is 24.3 Å². The van der Waals surface area contributed by atoms with E-state index in [0.29, 0.717) is 0 Å². The van der Waals surface area contributed by atoms with Crippen LogP contribution in [0.4, 0.5) is 0 Å². The van der Waals surface area contributed by atoms with E-state index in [9.17, 15) is 0 Å². The van der Waals surface area contributed by atoms with Gasteiger partial charge >= 0.3 is 7.12 Å². The van der Waals surface area contributed by atoms with Crippen LogP contribution in [0.1, 0.15) is 39.3 Å². The molecule has 2 aliphatic heterocycles. The molecule has 1 aromatic carbocycles. The lowest BCUT2D eigenvalue weighted by atomic mass is 9.78. The normalized spacial score (nSPS) is 27.6. The van der Waals surface area contributed by atoms with Crippen molar-refractivity contribution in [2.75, 3.05) is 33.8 Å². The summed E-state index contributed by atoms with van der Waals surface area (Å²) in [5.74, 6) is 0. The Morgan fingerprint density at radius 3 is 2.17 bits per heavy atom. The highest BCUT2D eigenvalue weighted by Gasteiger charge is 2.51. The third-order valence-corrected chi connectivity index (χ3v) is 5.62. The number of rotatable bonds is 3. The van der Waals surface area contributed by atoms with E-state index in [-0.39, 0.29) is 24.4 Å². The fourth-order valence-electron chi connectivity index (χ4n) is 3.25. The second kappa shape index (κ2) is 6.43. The van der Waals surface area contributed by atoms with Crippen LogP contribution in [-0.4, -0.2) is 62.1 Å². The fraction of sp³-hybridized carbons (Fsp3) is 0.667. The minimum absolute atomic E-state index is 0.251. The highest BCUT2D eigenvalue weighted by molar-refractivity contribution is 6.62. The van der Waals surface area contributed by atoms with E-state index < -0.39 is 0 Å². The zero-order chi connectivity index (χ0) is 17.5. The summed E-state index contributed by atoms with van der Waals surface area (Å²) < 4.78 is 12.3. The predicted octanol–water partition coefficient (Wildman–Crippen LogP) is 1.84. The average molecular weight is 332 g/mol. The number of piperazine rings is 1. The number of benzene rings is 1. The van der Waals surface area contributed by atoms with Crippen LogP contribution in [0, 0.1) is 0 Å². The average Bonchev–Trinajstić information content (AvgIpc) is 2.75. The first-order chi connectivity index (χ1) is 11.2. The van der Waals surface area contributed by atoms with Gasteiger partial charge in [0.2, 0.25) is 0 Å². The van der Waals surface area contributed by atoms with Crippen molar-refractivity contribution in [3.05, 3.63) is 29.8 Å². The van der Waals surface area contributed by atoms with E-state index in [1.165, 1.54) is 5.56 Å². The maximum absolute atomic E-state index is 6.13. The van der Waals surface area contributed by atoms with Crippen LogP contribution in [0.3, 0.4) is 0 Å². The van der Waals surface area contributed by atoms with Crippen LogP contribution < -0.4 is 5.46 Å². The smallest absolute Gasteiger partial charge is 0.399 e. The molecule has 0 aliphatic carbocycles. The van der Waals surface area contributed by atoms with Crippen molar-refractivity contribution in [1.82, 2.24) is 9.96 Å². The molecule has 0 amide bonds. The fourth-order valence-corrected chi connectivity index (χ4v) is 3.25. The topological polar surface area (TPSA) is 34.2 Å². The number of hydroxylamine groups is 2. The Balaban J connectivity index is 1.76. The molecule has 0 aromatic heterocycles. The first-order valence-corrected chi connectivity index (χ1v) is 8.68. The molecule has 24 heavy (non-hydrogen) atoms. The molecular formula is C18H29BN2O3. The Kier molecular flexibility index (Phi) is 4.79. The lowest BCUT2D eigenvalue weighted by Gasteiger charge is -2.38. The summed E-state index contributed by atoms with van der Waals surface area (Å²) in [4.78, 5) is 7.88. The van der Waals surface area contributed by atoms with Crippen molar-refractivity contribution in [2.45, 2.75) is 44.9 Å². The Bertz CT molecular complexity index is 560. The third kappa shape index (κ3) is 3.26. The molecule has 2 aliphatic rings. The lowest BCUT2D eigenvalue weighted by Crippen LogP contribution is -2.46. The summed E-state index contributed by atoms with van der Waals surface area (Å²) in [5, 5.41) is 2.06. The monoisotopic (exact) mass is 332 g/mol. The summed E-state index contributed by atoms with van der Waals surface area (Å²) >= 11 is 0. The Morgan fingerprint density at radius 1 is 1.04 bits per heavy atom. The second-order valence-electron chi connectivity index (χ2n) is 7.86. The van der Waals surface area contributed by atoms with Gasteiger partial charge in [-0.3, -0.25) is 0 Å². The SMILES string of the molecule is CON1CCN(C)CC1c1ccc(B2OC(C)(C)C(C)(C)O2)cc1. The molecule has 132 valence electrons. The first kappa shape index (κ1) is 17.9. The number of hydrogen-bond acceptors (Lipinski definition) is 5. The zero-order valence-corrected chi connectivity index (χ0v) is 15.7. The van der Waals surface area contributed by atoms with Gasteiger partial charge in [0.05, 0.1) is 24.4 Å². The van der Waals surface area contributed by atoms with E-state index in [4.69, 9.17) is 14.1 Å². The first-order valence-electron chi connectivity index (χ1n) is 8.68. The van der Waals surface area contributed by atoms with Crippen molar-refractivity contribution in [1.29, 1.82) is 0 Å². The highest BCUT2D eigenvalue weighted by atomic mass is 16.7. The van der Waals surface area contributed by atoms with Crippen LogP contribution >= 0.6 is 0 Å². The molecule has 0 spiro atoms. The number of likely N-dealkylation sites (N-methyl/N-ethyl adjacent to an activating group) is 1. The molecule has 3 rings (SSSR count). The molecule has 2 heterocycles. The second-order valence-corrected chi connectivity index (χ2v) is 7.86. The van der Waals surface area contributed by atoms with E-state index in [1.807, 2.05) is 0 Å². The standard InChI is InChI=1S/C18H29BN2O3/c1-17(2)18(3,4)24-19(23-17)15-9-7-14(8-10-15)16-13-20(5)11-12-21(16)22-6/h7-10,16H,11-13H2,1-6H3. The van der Waals surface area contributed by atoms with E-state index in [0.717, 1.165) is 25.1 Å². The van der Waals surface area contributed by atoms with Gasteiger partial charge in [-0.2, -0.15) is 5.06 Å². The predicted molar refractivity (Wildman–Crippen MR) is 96.1 cm³/mol. The van der Waals surface area contributed by atoms with Gasteiger partial charge in [0.25, 0.3) is 0 Å². The Hall–Kier alpha value is -0.915. The molecule has 1 unspecified atom stereocenters. The van der Waals surface area contributed by atoms with Gasteiger partial charge in [-0.25, -0.2) is 0 Å². The largest absolute Gasteiger partial charge is 0.494 e. The Labute approximate surface area is 146 Å². The number of nitrogens with zero attached hydrogens (tertiary/aromatic N) is 2. The van der Waals surface area contributed by atoms with Crippen LogP contribution in [0.25, 0.3) is 0 Å². The van der Waals surface area contributed by atoms with Crippen molar-refractivity contribution in [2.24, 2.45) is 0 Å². The maximum Gasteiger partial charge on any atom is 0.494 e. The molecule has 5 nitrogen and oxygen atoms in total. The minimum atomic E-state index is -0.310. The summed E-state index contributed by atoms with van der Waals surface area (Å²) in [6.45, 7) is 11.2. The molecule has 0 bridgehead atoms. The Morgan fingerprint density at radius 2 is 1.62 bits per heavy atom. The van der Waals surface area contributed by atoms with Gasteiger partial charge in [-0.05, 0) is 45.8 Å². The number of hydrogen-bond donors (Lipinski definition) is 0. The quantitative estimate of drug-likeness (QED) is 0.789. The van der Waals surface area contributed by atoms with Gasteiger partial charge in [0, 0.05) is 19.6 Å². The molecule has 0 saturated carbocycles. The van der Waals surface area contributed by atoms with Crippen molar-refractivity contribution in [3.63, 3.8) is 0 Å². The summed E-state index contributed by atoms with van der Waals surface area (Å²) in [5.41, 5.74) is 1.69. The molecule has 2 fully saturated rings. The van der Waals surface area contributed by atoms with Crippen molar-refractivity contribution >= 4 is 12.6 Å². The molecule has 6 heteroatoms. The lowest BCUT2D eigenvalue weighted by molar-refractivity contribution is -0.185. The van der Waals surface area contributed by atoms with Crippen molar-refractivity contribution < 1.29 is 14.1 Å². The van der Waals surface area contributed by atoms with Crippen LogP contribution in [0.5, 0.6) is 0 Å². The third-order valence-electron chi connectivity index (χ3n) is 5.62. The van der Waals surface area contributed by atoms with Crippen molar-refractivity contribution in [3.8, 4) is 0 Å². The molecule has 1 aromatic rings. The van der Waals surface area contributed by atoms with E-state index in [1.54, 1.807) is 7.11 Å². The molecular weight excluding hydrogens is 303 g/mol. The molecule has 0 N–H and O–H groups in total. The maximum atomic E-state index is 6.13. The molecule has 0 radical (unpaired) electrons. The minimum Gasteiger partial charge on any atom is -0.399 e. The van der Waals surface area contributed by atoms with Gasteiger partial charge in [-0.15, -0.1) is 0 Å². The van der Waals surface area contributed by atoms with Crippen LogP contribution in [0.15, 0.2) is 24.3 Å². The molecule has 2 saturated heterocycles. The summed E-state index contributed by atoms with van der Waals surface area (Å²) in [6.07, 6.45) is 0. The summed E-state index contributed by atoms with van der Waals surface area (Å²) in [6, 6.07) is 8.80. The van der Waals surface area contributed by atoms with Gasteiger partial charge < -0.3 is 19.0 Å². The van der Waals surface area contributed by atoms with E-state index in [2.05, 4.69) is 69.0 Å². The van der Waals surface area contributed by atoms with Gasteiger partial charge in [0.1, 0.15) is 0 Å². The highest BCUT2D eigenvalue weighted by Crippen LogP contribution is 2.36. The molecule has 1 atom stereocenters. The summed E-state index contributed by atoms with van der Waals surface area (Å²) in [7, 11) is 3.59. The van der Waals surface area contributed by atoms with Crippen LogP contribution in [-0.2, 0) is 14.1 Å². The zero-order valence-electron chi connectivity index (χ0n) is 15.7. The van der Waals surface area contributed by atoms with Crippen LogP contribution in [0.2, 0.25) is 0 Å².